The quantitative estimate of drug-likeness (QED) is 0.640. The van der Waals surface area contributed by atoms with Gasteiger partial charge in [-0.3, -0.25) is 4.99 Å². The molecule has 4 N–H and O–H groups in total. The highest BCUT2D eigenvalue weighted by atomic mass is 127. The van der Waals surface area contributed by atoms with E-state index in [0.29, 0.717) is 6.54 Å². The number of nitrogens with zero attached hydrogens (tertiary/aromatic N) is 1. The van der Waals surface area contributed by atoms with Crippen LogP contribution in [0.15, 0.2) is 28.1 Å². The molecule has 8 heteroatoms. The van der Waals surface area contributed by atoms with Crippen LogP contribution in [0.4, 0.5) is 0 Å². The van der Waals surface area contributed by atoms with Crippen molar-refractivity contribution in [3.63, 3.8) is 0 Å². The molecular weight excluding hydrogens is 391 g/mol. The lowest BCUT2D eigenvalue weighted by molar-refractivity contribution is 0.597. The predicted octanol–water partition coefficient (Wildman–Crippen LogP) is 0.699. The third-order valence-corrected chi connectivity index (χ3v) is 3.90. The van der Waals surface area contributed by atoms with E-state index in [1.165, 1.54) is 6.07 Å². The number of benzene rings is 1. The Bertz CT molecular complexity index is 601. The summed E-state index contributed by atoms with van der Waals surface area (Å²) in [6.45, 7) is 4.22. The van der Waals surface area contributed by atoms with Crippen LogP contribution in [0, 0.1) is 6.92 Å². The average Bonchev–Trinajstić information content (AvgIpc) is 2.37. The Morgan fingerprint density at radius 1 is 1.45 bits per heavy atom. The van der Waals surface area contributed by atoms with Gasteiger partial charge in [0.1, 0.15) is 0 Å². The zero-order valence-corrected chi connectivity index (χ0v) is 14.4. The second-order valence-corrected chi connectivity index (χ2v) is 6.06. The lowest BCUT2D eigenvalue weighted by atomic mass is 10.1. The van der Waals surface area contributed by atoms with Crippen molar-refractivity contribution in [1.29, 1.82) is 0 Å². The summed E-state index contributed by atoms with van der Waals surface area (Å²) in [4.78, 5) is 4.45. The van der Waals surface area contributed by atoms with Gasteiger partial charge in [-0.05, 0) is 36.6 Å². The Kier molecular flexibility index (Phi) is 6.21. The molecule has 1 heterocycles. The average molecular weight is 410 g/mol. The van der Waals surface area contributed by atoms with E-state index in [-0.39, 0.29) is 28.9 Å². The number of halogens is 1. The third kappa shape index (κ3) is 4.60. The number of nitrogens with one attached hydrogen (secondary N) is 2. The lowest BCUT2D eigenvalue weighted by Gasteiger charge is -2.16. The number of hydrogen-bond acceptors (Lipinski definition) is 5. The number of nitrogens with two attached hydrogens (primary N) is 1. The normalized spacial score (nSPS) is 14.8. The van der Waals surface area contributed by atoms with Crippen LogP contribution in [0.25, 0.3) is 0 Å². The number of sulfonamides is 1. The lowest BCUT2D eigenvalue weighted by Crippen LogP contribution is -2.40. The van der Waals surface area contributed by atoms with E-state index >= 15 is 0 Å². The molecule has 0 aromatic heterocycles. The van der Waals surface area contributed by atoms with Crippen molar-refractivity contribution in [2.45, 2.75) is 24.8 Å². The Labute approximate surface area is 136 Å². The predicted molar refractivity (Wildman–Crippen MR) is 89.7 cm³/mol. The second-order valence-electron chi connectivity index (χ2n) is 4.50. The second kappa shape index (κ2) is 7.23. The molecule has 112 valence electrons. The maximum atomic E-state index is 11.2. The van der Waals surface area contributed by atoms with Gasteiger partial charge in [-0.1, -0.05) is 6.07 Å². The highest BCUT2D eigenvalue weighted by molar-refractivity contribution is 14.0. The van der Waals surface area contributed by atoms with Crippen LogP contribution >= 0.6 is 24.0 Å². The van der Waals surface area contributed by atoms with Gasteiger partial charge in [0.15, 0.2) is 5.96 Å². The molecule has 0 amide bonds. The molecule has 0 unspecified atom stereocenters. The van der Waals surface area contributed by atoms with Crippen LogP contribution in [0.2, 0.25) is 0 Å². The number of rotatable bonds is 3. The standard InChI is InChI=1S/C12H18N4O2S.HI/c1-9-7-11(19(13,17)18)4-3-10(9)8-16-12-14-5-2-6-15-12;/h3-4,7H,2,5-6,8H2,1H3,(H2,13,17,18)(H2,14,15,16);1H. The first-order valence-corrected chi connectivity index (χ1v) is 7.66. The van der Waals surface area contributed by atoms with Crippen molar-refractivity contribution in [2.75, 3.05) is 13.1 Å². The van der Waals surface area contributed by atoms with Crippen molar-refractivity contribution in [3.05, 3.63) is 29.3 Å². The van der Waals surface area contributed by atoms with E-state index in [2.05, 4.69) is 15.6 Å². The van der Waals surface area contributed by atoms with Gasteiger partial charge in [-0.15, -0.1) is 24.0 Å². The largest absolute Gasteiger partial charge is 0.356 e. The van der Waals surface area contributed by atoms with Gasteiger partial charge in [0.25, 0.3) is 0 Å². The van der Waals surface area contributed by atoms with E-state index in [1.54, 1.807) is 12.1 Å². The number of aryl methyl sites for hydroxylation is 1. The SMILES string of the molecule is Cc1cc(S(N)(=O)=O)ccc1CNC1=NCCCN1.I. The van der Waals surface area contributed by atoms with Crippen LogP contribution in [-0.2, 0) is 16.6 Å². The highest BCUT2D eigenvalue weighted by Crippen LogP contribution is 2.14. The molecule has 0 aliphatic carbocycles. The monoisotopic (exact) mass is 410 g/mol. The molecule has 1 aromatic carbocycles. The fraction of sp³-hybridized carbons (Fsp3) is 0.417. The molecule has 0 bridgehead atoms. The van der Waals surface area contributed by atoms with E-state index in [0.717, 1.165) is 36.6 Å². The minimum atomic E-state index is -3.63. The molecule has 1 aliphatic rings. The number of guanidine groups is 1. The van der Waals surface area contributed by atoms with Crippen LogP contribution in [0.1, 0.15) is 17.5 Å². The maximum absolute atomic E-state index is 11.2. The first-order valence-electron chi connectivity index (χ1n) is 6.11. The van der Waals surface area contributed by atoms with Crippen molar-refractivity contribution in [2.24, 2.45) is 10.1 Å². The minimum absolute atomic E-state index is 0. The van der Waals surface area contributed by atoms with Crippen molar-refractivity contribution in [3.8, 4) is 0 Å². The summed E-state index contributed by atoms with van der Waals surface area (Å²) in [5, 5.41) is 11.5. The van der Waals surface area contributed by atoms with Crippen LogP contribution < -0.4 is 15.8 Å². The molecule has 0 atom stereocenters. The molecule has 0 saturated carbocycles. The number of aliphatic imine (C=N–C) groups is 1. The Balaban J connectivity index is 0.00000200. The first kappa shape index (κ1) is 17.2. The van der Waals surface area contributed by atoms with Gasteiger partial charge >= 0.3 is 0 Å². The highest BCUT2D eigenvalue weighted by Gasteiger charge is 2.10. The Morgan fingerprint density at radius 2 is 2.20 bits per heavy atom. The smallest absolute Gasteiger partial charge is 0.238 e. The van der Waals surface area contributed by atoms with E-state index in [9.17, 15) is 8.42 Å². The summed E-state index contributed by atoms with van der Waals surface area (Å²) in [6.07, 6.45) is 1.05. The van der Waals surface area contributed by atoms with Gasteiger partial charge in [0.2, 0.25) is 10.0 Å². The molecule has 1 aliphatic heterocycles. The van der Waals surface area contributed by atoms with Crippen molar-refractivity contribution < 1.29 is 8.42 Å². The summed E-state index contributed by atoms with van der Waals surface area (Å²) in [5.74, 6) is 0.793. The van der Waals surface area contributed by atoms with Gasteiger partial charge < -0.3 is 10.6 Å². The zero-order chi connectivity index (χ0) is 13.9. The van der Waals surface area contributed by atoms with Gasteiger partial charge in [0, 0.05) is 19.6 Å². The Hall–Kier alpha value is -0.870. The van der Waals surface area contributed by atoms with Crippen LogP contribution in [0.3, 0.4) is 0 Å². The molecule has 20 heavy (non-hydrogen) atoms. The Morgan fingerprint density at radius 3 is 2.75 bits per heavy atom. The summed E-state index contributed by atoms with van der Waals surface area (Å²) >= 11 is 0. The summed E-state index contributed by atoms with van der Waals surface area (Å²) in [5.41, 5.74) is 1.90. The van der Waals surface area contributed by atoms with Crippen molar-refractivity contribution in [1.82, 2.24) is 10.6 Å². The summed E-state index contributed by atoms with van der Waals surface area (Å²) in [7, 11) is -3.63. The van der Waals surface area contributed by atoms with Gasteiger partial charge in [-0.25, -0.2) is 13.6 Å². The third-order valence-electron chi connectivity index (χ3n) is 2.99. The number of primary sulfonamides is 1. The molecule has 1 aromatic rings. The van der Waals surface area contributed by atoms with Crippen LogP contribution in [-0.4, -0.2) is 27.5 Å². The van der Waals surface area contributed by atoms with Crippen molar-refractivity contribution >= 4 is 40.0 Å². The maximum Gasteiger partial charge on any atom is 0.238 e. The summed E-state index contributed by atoms with van der Waals surface area (Å²) in [6, 6.07) is 4.88. The van der Waals surface area contributed by atoms with Crippen LogP contribution in [0.5, 0.6) is 0 Å². The minimum Gasteiger partial charge on any atom is -0.356 e. The van der Waals surface area contributed by atoms with E-state index in [4.69, 9.17) is 5.14 Å². The molecule has 0 spiro atoms. The molecule has 2 rings (SSSR count). The first-order chi connectivity index (χ1) is 8.97. The fourth-order valence-corrected chi connectivity index (χ4v) is 2.47. The number of hydrogen-bond donors (Lipinski definition) is 3. The van der Waals surface area contributed by atoms with Gasteiger partial charge in [0.05, 0.1) is 4.90 Å². The zero-order valence-electron chi connectivity index (χ0n) is 11.2. The molecule has 6 nitrogen and oxygen atoms in total. The van der Waals surface area contributed by atoms with Gasteiger partial charge in [-0.2, -0.15) is 0 Å². The molecular formula is C12H19IN4O2S. The van der Waals surface area contributed by atoms with E-state index < -0.39 is 10.0 Å². The summed E-state index contributed by atoms with van der Waals surface area (Å²) < 4.78 is 22.5. The molecule has 0 saturated heterocycles. The topological polar surface area (TPSA) is 96.6 Å². The van der Waals surface area contributed by atoms with E-state index in [1.807, 2.05) is 6.92 Å². The molecule has 0 fully saturated rings. The molecule has 0 radical (unpaired) electrons. The fourth-order valence-electron chi connectivity index (χ4n) is 1.87.